The number of carbonyl (C=O) groups excluding carboxylic acids is 1. The van der Waals surface area contributed by atoms with Gasteiger partial charge in [0.2, 0.25) is 5.91 Å². The first-order valence-electron chi connectivity index (χ1n) is 5.47. The molecule has 0 saturated heterocycles. The molecule has 0 aromatic rings. The van der Waals surface area contributed by atoms with Crippen LogP contribution < -0.4 is 10.6 Å². The van der Waals surface area contributed by atoms with Gasteiger partial charge in [0.1, 0.15) is 0 Å². The van der Waals surface area contributed by atoms with Crippen LogP contribution in [0.25, 0.3) is 0 Å². The Kier molecular flexibility index (Phi) is 3.93. The lowest BCUT2D eigenvalue weighted by Gasteiger charge is -2.06. The second-order valence-electron chi connectivity index (χ2n) is 4.90. The van der Waals surface area contributed by atoms with Crippen molar-refractivity contribution in [1.82, 2.24) is 10.6 Å². The molecule has 1 aliphatic rings. The summed E-state index contributed by atoms with van der Waals surface area (Å²) in [6.45, 7) is 6.30. The van der Waals surface area contributed by atoms with Gasteiger partial charge in [-0.1, -0.05) is 13.8 Å². The molecule has 1 amide bonds. The summed E-state index contributed by atoms with van der Waals surface area (Å²) >= 11 is 0. The molecule has 1 rings (SSSR count). The van der Waals surface area contributed by atoms with Crippen molar-refractivity contribution in [3.8, 4) is 0 Å². The summed E-state index contributed by atoms with van der Waals surface area (Å²) in [4.78, 5) is 11.3. The first-order valence-corrected chi connectivity index (χ1v) is 5.47. The van der Waals surface area contributed by atoms with E-state index in [-0.39, 0.29) is 5.91 Å². The zero-order valence-corrected chi connectivity index (χ0v) is 9.52. The molecule has 1 saturated carbocycles. The van der Waals surface area contributed by atoms with Gasteiger partial charge in [0.25, 0.3) is 0 Å². The summed E-state index contributed by atoms with van der Waals surface area (Å²) in [5, 5.41) is 6.03. The summed E-state index contributed by atoms with van der Waals surface area (Å²) in [6.07, 6.45) is 2.83. The Labute approximate surface area is 86.6 Å². The quantitative estimate of drug-likeness (QED) is 0.629. The first kappa shape index (κ1) is 11.5. The Morgan fingerprint density at radius 1 is 1.50 bits per heavy atom. The van der Waals surface area contributed by atoms with E-state index in [4.69, 9.17) is 0 Å². The highest BCUT2D eigenvalue weighted by molar-refractivity contribution is 5.75. The van der Waals surface area contributed by atoms with Crippen LogP contribution in [0.5, 0.6) is 0 Å². The van der Waals surface area contributed by atoms with Crippen LogP contribution in [0.2, 0.25) is 0 Å². The largest absolute Gasteiger partial charge is 0.356 e. The van der Waals surface area contributed by atoms with E-state index in [0.717, 1.165) is 19.5 Å². The Hall–Kier alpha value is -0.570. The van der Waals surface area contributed by atoms with E-state index in [1.54, 1.807) is 0 Å². The summed E-state index contributed by atoms with van der Waals surface area (Å²) in [7, 11) is 1.91. The lowest BCUT2D eigenvalue weighted by atomic mass is 10.1. The standard InChI is InChI=1S/C11H22N2O/c1-11(2)7-9(11)8-13-10(14)5-4-6-12-3/h9,12H,4-8H2,1-3H3,(H,13,14). The number of hydrogen-bond donors (Lipinski definition) is 2. The fourth-order valence-corrected chi connectivity index (χ4v) is 1.68. The first-order chi connectivity index (χ1) is 6.56. The fraction of sp³-hybridized carbons (Fsp3) is 0.909. The molecule has 0 bridgehead atoms. The molecule has 0 spiro atoms. The maximum absolute atomic E-state index is 11.3. The Balaban J connectivity index is 1.99. The minimum atomic E-state index is 0.197. The maximum atomic E-state index is 11.3. The van der Waals surface area contributed by atoms with Gasteiger partial charge in [0, 0.05) is 13.0 Å². The number of rotatable bonds is 6. The average molecular weight is 198 g/mol. The number of hydrogen-bond acceptors (Lipinski definition) is 2. The molecule has 1 fully saturated rings. The summed E-state index contributed by atoms with van der Waals surface area (Å²) in [5.74, 6) is 0.902. The predicted molar refractivity (Wildman–Crippen MR) is 58.1 cm³/mol. The number of amides is 1. The molecular weight excluding hydrogens is 176 g/mol. The SMILES string of the molecule is CNCCCC(=O)NCC1CC1(C)C. The van der Waals surface area contributed by atoms with Crippen LogP contribution in [-0.4, -0.2) is 26.0 Å². The number of carbonyl (C=O) groups is 1. The second kappa shape index (κ2) is 4.78. The second-order valence-corrected chi connectivity index (χ2v) is 4.90. The van der Waals surface area contributed by atoms with Crippen LogP contribution in [0.4, 0.5) is 0 Å². The topological polar surface area (TPSA) is 41.1 Å². The van der Waals surface area contributed by atoms with Gasteiger partial charge in [-0.3, -0.25) is 4.79 Å². The van der Waals surface area contributed by atoms with Crippen LogP contribution in [0, 0.1) is 11.3 Å². The van der Waals surface area contributed by atoms with Gasteiger partial charge >= 0.3 is 0 Å². The van der Waals surface area contributed by atoms with Gasteiger partial charge in [-0.15, -0.1) is 0 Å². The van der Waals surface area contributed by atoms with Crippen LogP contribution in [0.1, 0.15) is 33.1 Å². The molecule has 0 aromatic carbocycles. The molecule has 14 heavy (non-hydrogen) atoms. The molecule has 0 radical (unpaired) electrons. The van der Waals surface area contributed by atoms with Crippen LogP contribution in [0.15, 0.2) is 0 Å². The third-order valence-electron chi connectivity index (χ3n) is 3.09. The van der Waals surface area contributed by atoms with Crippen LogP contribution >= 0.6 is 0 Å². The molecule has 3 heteroatoms. The highest BCUT2D eigenvalue weighted by Crippen LogP contribution is 2.50. The van der Waals surface area contributed by atoms with E-state index < -0.39 is 0 Å². The molecule has 0 aliphatic heterocycles. The van der Waals surface area contributed by atoms with Gasteiger partial charge in [0.15, 0.2) is 0 Å². The van der Waals surface area contributed by atoms with E-state index >= 15 is 0 Å². The van der Waals surface area contributed by atoms with E-state index in [1.807, 2.05) is 7.05 Å². The Morgan fingerprint density at radius 3 is 2.64 bits per heavy atom. The van der Waals surface area contributed by atoms with Crippen molar-refractivity contribution in [1.29, 1.82) is 0 Å². The van der Waals surface area contributed by atoms with E-state index in [2.05, 4.69) is 24.5 Å². The van der Waals surface area contributed by atoms with Gasteiger partial charge in [-0.2, -0.15) is 0 Å². The summed E-state index contributed by atoms with van der Waals surface area (Å²) in [5.41, 5.74) is 0.470. The lowest BCUT2D eigenvalue weighted by molar-refractivity contribution is -0.121. The van der Waals surface area contributed by atoms with E-state index in [9.17, 15) is 4.79 Å². The molecule has 2 N–H and O–H groups in total. The zero-order valence-electron chi connectivity index (χ0n) is 9.52. The molecule has 1 unspecified atom stereocenters. The normalized spacial score (nSPS) is 23.2. The monoisotopic (exact) mass is 198 g/mol. The molecule has 3 nitrogen and oxygen atoms in total. The molecule has 0 heterocycles. The molecule has 0 aromatic heterocycles. The highest BCUT2D eigenvalue weighted by Gasteiger charge is 2.45. The molecular formula is C11H22N2O. The molecule has 82 valence electrons. The van der Waals surface area contributed by atoms with Gasteiger partial charge < -0.3 is 10.6 Å². The lowest BCUT2D eigenvalue weighted by Crippen LogP contribution is -2.27. The van der Waals surface area contributed by atoms with Crippen molar-refractivity contribution in [2.24, 2.45) is 11.3 Å². The smallest absolute Gasteiger partial charge is 0.220 e. The summed E-state index contributed by atoms with van der Waals surface area (Å²) < 4.78 is 0. The third-order valence-corrected chi connectivity index (χ3v) is 3.09. The molecule has 1 atom stereocenters. The van der Waals surface area contributed by atoms with Crippen LogP contribution in [-0.2, 0) is 4.79 Å². The highest BCUT2D eigenvalue weighted by atomic mass is 16.1. The van der Waals surface area contributed by atoms with E-state index in [0.29, 0.717) is 17.8 Å². The third kappa shape index (κ3) is 3.66. The summed E-state index contributed by atoms with van der Waals surface area (Å²) in [6, 6.07) is 0. The van der Waals surface area contributed by atoms with Crippen molar-refractivity contribution in [3.05, 3.63) is 0 Å². The minimum Gasteiger partial charge on any atom is -0.356 e. The van der Waals surface area contributed by atoms with Gasteiger partial charge in [0.05, 0.1) is 0 Å². The van der Waals surface area contributed by atoms with E-state index in [1.165, 1.54) is 6.42 Å². The fourth-order valence-electron chi connectivity index (χ4n) is 1.68. The van der Waals surface area contributed by atoms with Crippen molar-refractivity contribution >= 4 is 5.91 Å². The minimum absolute atomic E-state index is 0.197. The average Bonchev–Trinajstić information content (AvgIpc) is 2.71. The number of nitrogens with one attached hydrogen (secondary N) is 2. The van der Waals surface area contributed by atoms with Crippen molar-refractivity contribution in [2.75, 3.05) is 20.1 Å². The van der Waals surface area contributed by atoms with Gasteiger partial charge in [-0.25, -0.2) is 0 Å². The zero-order chi connectivity index (χ0) is 10.6. The Bertz CT molecular complexity index is 201. The molecule has 1 aliphatic carbocycles. The van der Waals surface area contributed by atoms with Gasteiger partial charge in [-0.05, 0) is 37.8 Å². The van der Waals surface area contributed by atoms with Crippen molar-refractivity contribution < 1.29 is 4.79 Å². The predicted octanol–water partition coefficient (Wildman–Crippen LogP) is 1.15. The van der Waals surface area contributed by atoms with Crippen molar-refractivity contribution in [3.63, 3.8) is 0 Å². The van der Waals surface area contributed by atoms with Crippen molar-refractivity contribution in [2.45, 2.75) is 33.1 Å². The van der Waals surface area contributed by atoms with Crippen LogP contribution in [0.3, 0.4) is 0 Å². The Morgan fingerprint density at radius 2 is 2.14 bits per heavy atom. The maximum Gasteiger partial charge on any atom is 0.220 e.